The number of amides is 1. The number of carbonyl (C=O) groups is 1. The monoisotopic (exact) mass is 406 g/mol. The lowest BCUT2D eigenvalue weighted by molar-refractivity contribution is -0.122. The second kappa shape index (κ2) is 7.08. The maximum atomic E-state index is 12.7. The summed E-state index contributed by atoms with van der Waals surface area (Å²) >= 11 is 0. The summed E-state index contributed by atoms with van der Waals surface area (Å²) in [6.45, 7) is 8.81. The smallest absolute Gasteiger partial charge is 0.240 e. The van der Waals surface area contributed by atoms with Gasteiger partial charge in [0.15, 0.2) is 0 Å². The van der Waals surface area contributed by atoms with Crippen LogP contribution >= 0.6 is 0 Å². The minimum absolute atomic E-state index is 0.0357. The summed E-state index contributed by atoms with van der Waals surface area (Å²) in [6.07, 6.45) is 4.68. The molecule has 2 heterocycles. The van der Waals surface area contributed by atoms with Crippen molar-refractivity contribution in [3.05, 3.63) is 30.5 Å². The van der Waals surface area contributed by atoms with Gasteiger partial charge in [-0.2, -0.15) is 0 Å². The van der Waals surface area contributed by atoms with E-state index in [1.165, 1.54) is 0 Å². The van der Waals surface area contributed by atoms with Gasteiger partial charge in [-0.15, -0.1) is 0 Å². The van der Waals surface area contributed by atoms with E-state index in [2.05, 4.69) is 43.1 Å². The quantitative estimate of drug-likeness (QED) is 0.711. The maximum Gasteiger partial charge on any atom is 0.240 e. The van der Waals surface area contributed by atoms with Crippen LogP contribution in [0.4, 0.5) is 5.69 Å². The van der Waals surface area contributed by atoms with Gasteiger partial charge in [0.2, 0.25) is 15.9 Å². The van der Waals surface area contributed by atoms with E-state index >= 15 is 0 Å². The molecule has 154 valence electrons. The third-order valence-corrected chi connectivity index (χ3v) is 5.57. The average molecular weight is 407 g/mol. The zero-order chi connectivity index (χ0) is 20.7. The molecule has 0 unspecified atom stereocenters. The molecular weight excluding hydrogens is 376 g/mol. The number of sulfonamides is 1. The topological polar surface area (TPSA) is 92.2 Å². The molecule has 1 aliphatic heterocycles. The summed E-state index contributed by atoms with van der Waals surface area (Å²) in [5, 5.41) is 7.56. The van der Waals surface area contributed by atoms with E-state index < -0.39 is 10.0 Å². The van der Waals surface area contributed by atoms with Gasteiger partial charge in [-0.3, -0.25) is 9.52 Å². The second-order valence-corrected chi connectivity index (χ2v) is 10.9. The summed E-state index contributed by atoms with van der Waals surface area (Å²) in [5.41, 5.74) is 1.26. The molecule has 0 saturated carbocycles. The summed E-state index contributed by atoms with van der Waals surface area (Å²) in [4.78, 5) is 12.7. The molecule has 0 spiro atoms. The van der Waals surface area contributed by atoms with Crippen LogP contribution in [-0.2, 0) is 21.4 Å². The average Bonchev–Trinajstić information content (AvgIpc) is 2.86. The first-order valence-electron chi connectivity index (χ1n) is 9.48. The molecule has 1 aromatic heterocycles. The Kier molecular flexibility index (Phi) is 5.22. The molecule has 8 heteroatoms. The lowest BCUT2D eigenvalue weighted by atomic mass is 9.79. The fourth-order valence-corrected chi connectivity index (χ4v) is 5.08. The summed E-state index contributed by atoms with van der Waals surface area (Å²) in [5.74, 6) is -0.0440. The number of benzene rings is 1. The number of hydrogen-bond donors (Lipinski definition) is 3. The number of piperidine rings is 1. The maximum absolute atomic E-state index is 12.7. The largest absolute Gasteiger partial charge is 0.352 e. The van der Waals surface area contributed by atoms with Gasteiger partial charge >= 0.3 is 0 Å². The number of anilines is 1. The van der Waals surface area contributed by atoms with E-state index in [1.54, 1.807) is 12.1 Å². The minimum Gasteiger partial charge on any atom is -0.352 e. The number of hydrogen-bond acceptors (Lipinski definition) is 4. The van der Waals surface area contributed by atoms with Crippen molar-refractivity contribution < 1.29 is 13.2 Å². The fourth-order valence-electron chi connectivity index (χ4n) is 4.50. The SMILES string of the molecule is CC1(C)CC(NC(=O)Cn2ccc3c(NS(C)(=O)=O)cccc32)CC(C)(C)N1. The number of carbonyl (C=O) groups excluding carboxylic acids is 1. The van der Waals surface area contributed by atoms with Crippen molar-refractivity contribution in [1.29, 1.82) is 0 Å². The van der Waals surface area contributed by atoms with E-state index in [-0.39, 0.29) is 29.6 Å². The zero-order valence-electron chi connectivity index (χ0n) is 17.2. The van der Waals surface area contributed by atoms with Crippen LogP contribution in [0.15, 0.2) is 30.5 Å². The van der Waals surface area contributed by atoms with Crippen LogP contribution in [0, 0.1) is 0 Å². The Hall–Kier alpha value is -2.06. The van der Waals surface area contributed by atoms with E-state index in [1.807, 2.05) is 22.9 Å². The third-order valence-electron chi connectivity index (χ3n) is 4.98. The molecule has 1 fully saturated rings. The first-order chi connectivity index (χ1) is 12.8. The third kappa shape index (κ3) is 5.05. The minimum atomic E-state index is -3.37. The Morgan fingerprint density at radius 2 is 1.82 bits per heavy atom. The molecule has 1 saturated heterocycles. The molecule has 28 heavy (non-hydrogen) atoms. The molecule has 0 bridgehead atoms. The highest BCUT2D eigenvalue weighted by Gasteiger charge is 2.38. The normalized spacial score (nSPS) is 19.5. The number of rotatable bonds is 5. The highest BCUT2D eigenvalue weighted by molar-refractivity contribution is 7.92. The van der Waals surface area contributed by atoms with Crippen LogP contribution in [-0.4, -0.2) is 42.3 Å². The van der Waals surface area contributed by atoms with Gasteiger partial charge in [-0.25, -0.2) is 8.42 Å². The van der Waals surface area contributed by atoms with E-state index in [0.29, 0.717) is 5.69 Å². The Morgan fingerprint density at radius 1 is 1.18 bits per heavy atom. The second-order valence-electron chi connectivity index (χ2n) is 9.12. The fraction of sp³-hybridized carbons (Fsp3) is 0.550. The van der Waals surface area contributed by atoms with Crippen LogP contribution < -0.4 is 15.4 Å². The molecule has 1 amide bonds. The lowest BCUT2D eigenvalue weighted by Gasteiger charge is -2.46. The number of fused-ring (bicyclic) bond motifs is 1. The van der Waals surface area contributed by atoms with Gasteiger partial charge in [0.25, 0.3) is 0 Å². The van der Waals surface area contributed by atoms with Gasteiger partial charge in [0.05, 0.1) is 17.5 Å². The summed E-state index contributed by atoms with van der Waals surface area (Å²) in [7, 11) is -3.37. The Bertz CT molecular complexity index is 976. The van der Waals surface area contributed by atoms with Crippen molar-refractivity contribution in [2.45, 2.75) is 64.2 Å². The van der Waals surface area contributed by atoms with Crippen LogP contribution in [0.5, 0.6) is 0 Å². The van der Waals surface area contributed by atoms with Gasteiger partial charge in [-0.05, 0) is 58.7 Å². The molecule has 1 aromatic carbocycles. The van der Waals surface area contributed by atoms with Crippen molar-refractivity contribution in [2.24, 2.45) is 0 Å². The van der Waals surface area contributed by atoms with Crippen LogP contribution in [0.3, 0.4) is 0 Å². The van der Waals surface area contributed by atoms with Gasteiger partial charge in [-0.1, -0.05) is 6.07 Å². The highest BCUT2D eigenvalue weighted by atomic mass is 32.2. The molecule has 7 nitrogen and oxygen atoms in total. The van der Waals surface area contributed by atoms with Crippen LogP contribution in [0.25, 0.3) is 10.9 Å². The number of nitrogens with one attached hydrogen (secondary N) is 3. The van der Waals surface area contributed by atoms with E-state index in [9.17, 15) is 13.2 Å². The van der Waals surface area contributed by atoms with E-state index in [4.69, 9.17) is 0 Å². The Labute approximate surface area is 166 Å². The molecule has 3 N–H and O–H groups in total. The van der Waals surface area contributed by atoms with Crippen LogP contribution in [0.2, 0.25) is 0 Å². The molecule has 3 rings (SSSR count). The number of nitrogens with zero attached hydrogens (tertiary/aromatic N) is 1. The predicted molar refractivity (Wildman–Crippen MR) is 113 cm³/mol. The zero-order valence-corrected chi connectivity index (χ0v) is 18.0. The molecule has 0 atom stereocenters. The van der Waals surface area contributed by atoms with Crippen molar-refractivity contribution in [2.75, 3.05) is 11.0 Å². The molecule has 1 aliphatic rings. The number of aromatic nitrogens is 1. The molecule has 0 aliphatic carbocycles. The Morgan fingerprint density at radius 3 is 2.43 bits per heavy atom. The Balaban J connectivity index is 1.74. The molecule has 0 radical (unpaired) electrons. The van der Waals surface area contributed by atoms with E-state index in [0.717, 1.165) is 30.0 Å². The lowest BCUT2D eigenvalue weighted by Crippen LogP contribution is -2.62. The van der Waals surface area contributed by atoms with Crippen molar-refractivity contribution in [3.8, 4) is 0 Å². The van der Waals surface area contributed by atoms with Crippen molar-refractivity contribution >= 4 is 32.5 Å². The van der Waals surface area contributed by atoms with Crippen molar-refractivity contribution in [1.82, 2.24) is 15.2 Å². The van der Waals surface area contributed by atoms with Crippen LogP contribution in [0.1, 0.15) is 40.5 Å². The van der Waals surface area contributed by atoms with Gasteiger partial charge in [0.1, 0.15) is 6.54 Å². The summed E-state index contributed by atoms with van der Waals surface area (Å²) < 4.78 is 27.5. The van der Waals surface area contributed by atoms with Gasteiger partial charge in [0, 0.05) is 28.7 Å². The standard InChI is InChI=1S/C20H30N4O3S/c1-19(2)11-14(12-20(3,4)23-19)21-18(25)13-24-10-9-15-16(22-28(5,26)27)7-6-8-17(15)24/h6-10,14,22-23H,11-13H2,1-5H3,(H,21,25). The first kappa shape index (κ1) is 20.7. The molecule has 2 aromatic rings. The highest BCUT2D eigenvalue weighted by Crippen LogP contribution is 2.29. The van der Waals surface area contributed by atoms with Crippen molar-refractivity contribution in [3.63, 3.8) is 0 Å². The molecular formula is C20H30N4O3S. The predicted octanol–water partition coefficient (Wildman–Crippen LogP) is 2.44. The summed E-state index contributed by atoms with van der Waals surface area (Å²) in [6, 6.07) is 7.32. The van der Waals surface area contributed by atoms with Gasteiger partial charge < -0.3 is 15.2 Å². The first-order valence-corrected chi connectivity index (χ1v) is 11.4.